The quantitative estimate of drug-likeness (QED) is 0.611. The van der Waals surface area contributed by atoms with Crippen molar-refractivity contribution in [1.29, 1.82) is 0 Å². The third-order valence-corrected chi connectivity index (χ3v) is 3.23. The summed E-state index contributed by atoms with van der Waals surface area (Å²) >= 11 is 1.67. The van der Waals surface area contributed by atoms with Gasteiger partial charge in [-0.2, -0.15) is 4.98 Å². The molecular weight excluding hydrogens is 210 g/mol. The number of rotatable bonds is 3. The van der Waals surface area contributed by atoms with Crippen LogP contribution in [0.5, 0.6) is 0 Å². The maximum Gasteiger partial charge on any atom is 0.223 e. The molecule has 0 aromatic carbocycles. The standard InChI is InChI=1S/C9H13N5S/c1-5(2)3-15-8-6-7(12-4-11-6)13-9(10)14-8/h4-5H,3H2,1-2H3,(H3,10,11,12,13,14). The highest BCUT2D eigenvalue weighted by Crippen LogP contribution is 2.24. The summed E-state index contributed by atoms with van der Waals surface area (Å²) in [4.78, 5) is 15.3. The van der Waals surface area contributed by atoms with Crippen molar-refractivity contribution >= 4 is 28.9 Å². The van der Waals surface area contributed by atoms with Gasteiger partial charge in [0.25, 0.3) is 0 Å². The molecule has 0 bridgehead atoms. The second-order valence-electron chi connectivity index (χ2n) is 3.69. The van der Waals surface area contributed by atoms with Crippen LogP contribution in [0.15, 0.2) is 11.4 Å². The van der Waals surface area contributed by atoms with Gasteiger partial charge in [0.05, 0.1) is 6.33 Å². The lowest BCUT2D eigenvalue weighted by atomic mass is 10.3. The molecule has 0 aliphatic rings. The van der Waals surface area contributed by atoms with E-state index in [9.17, 15) is 0 Å². The highest BCUT2D eigenvalue weighted by Gasteiger charge is 2.09. The summed E-state index contributed by atoms with van der Waals surface area (Å²) in [6.07, 6.45) is 1.61. The number of fused-ring (bicyclic) bond motifs is 1. The van der Waals surface area contributed by atoms with Crippen LogP contribution in [0.2, 0.25) is 0 Å². The third-order valence-electron chi connectivity index (χ3n) is 1.82. The molecule has 0 fully saturated rings. The number of nitrogens with zero attached hydrogens (tertiary/aromatic N) is 3. The molecular formula is C9H13N5S. The molecule has 0 amide bonds. The Morgan fingerprint density at radius 1 is 1.47 bits per heavy atom. The van der Waals surface area contributed by atoms with Crippen LogP contribution in [-0.4, -0.2) is 25.7 Å². The van der Waals surface area contributed by atoms with Gasteiger partial charge in [-0.05, 0) is 5.92 Å². The lowest BCUT2D eigenvalue weighted by molar-refractivity contribution is 0.749. The zero-order valence-corrected chi connectivity index (χ0v) is 9.51. The Hall–Kier alpha value is -1.30. The average Bonchev–Trinajstić information content (AvgIpc) is 2.61. The van der Waals surface area contributed by atoms with Crippen molar-refractivity contribution in [2.45, 2.75) is 18.9 Å². The van der Waals surface area contributed by atoms with Crippen LogP contribution in [0.25, 0.3) is 11.2 Å². The van der Waals surface area contributed by atoms with E-state index in [1.807, 2.05) is 0 Å². The second-order valence-corrected chi connectivity index (χ2v) is 4.70. The molecule has 2 aromatic rings. The molecule has 0 saturated carbocycles. The number of imidazole rings is 1. The number of hydrogen-bond donors (Lipinski definition) is 2. The smallest absolute Gasteiger partial charge is 0.223 e. The van der Waals surface area contributed by atoms with Crippen LogP contribution in [0, 0.1) is 5.92 Å². The normalized spacial score (nSPS) is 11.4. The zero-order valence-electron chi connectivity index (χ0n) is 8.69. The number of thioether (sulfide) groups is 1. The molecule has 2 heterocycles. The van der Waals surface area contributed by atoms with Gasteiger partial charge in [-0.1, -0.05) is 13.8 Å². The number of aromatic amines is 1. The van der Waals surface area contributed by atoms with Crippen LogP contribution < -0.4 is 5.73 Å². The van der Waals surface area contributed by atoms with Crippen molar-refractivity contribution in [3.8, 4) is 0 Å². The number of aromatic nitrogens is 4. The minimum Gasteiger partial charge on any atom is -0.368 e. The van der Waals surface area contributed by atoms with Crippen LogP contribution in [0.1, 0.15) is 13.8 Å². The predicted molar refractivity (Wildman–Crippen MR) is 61.7 cm³/mol. The molecule has 0 atom stereocenters. The van der Waals surface area contributed by atoms with E-state index in [2.05, 4.69) is 33.8 Å². The largest absolute Gasteiger partial charge is 0.368 e. The Balaban J connectivity index is 2.35. The lowest BCUT2D eigenvalue weighted by Gasteiger charge is -2.04. The van der Waals surface area contributed by atoms with Gasteiger partial charge in [0.2, 0.25) is 5.95 Å². The van der Waals surface area contributed by atoms with Crippen molar-refractivity contribution in [2.24, 2.45) is 5.92 Å². The highest BCUT2D eigenvalue weighted by molar-refractivity contribution is 7.99. The molecule has 3 N–H and O–H groups in total. The Morgan fingerprint density at radius 2 is 2.27 bits per heavy atom. The number of hydrogen-bond acceptors (Lipinski definition) is 5. The lowest BCUT2D eigenvalue weighted by Crippen LogP contribution is -1.98. The topological polar surface area (TPSA) is 80.5 Å². The van der Waals surface area contributed by atoms with Gasteiger partial charge in [-0.3, -0.25) is 0 Å². The monoisotopic (exact) mass is 223 g/mol. The molecule has 5 nitrogen and oxygen atoms in total. The maximum absolute atomic E-state index is 5.60. The predicted octanol–water partition coefficient (Wildman–Crippen LogP) is 1.68. The summed E-state index contributed by atoms with van der Waals surface area (Å²) in [6, 6.07) is 0. The molecule has 0 unspecified atom stereocenters. The van der Waals surface area contributed by atoms with E-state index < -0.39 is 0 Å². The molecule has 2 rings (SSSR count). The first-order valence-electron chi connectivity index (χ1n) is 4.76. The van der Waals surface area contributed by atoms with E-state index >= 15 is 0 Å². The van der Waals surface area contributed by atoms with Crippen LogP contribution >= 0.6 is 11.8 Å². The fraction of sp³-hybridized carbons (Fsp3) is 0.444. The molecule has 0 radical (unpaired) electrons. The van der Waals surface area contributed by atoms with E-state index in [4.69, 9.17) is 5.73 Å². The van der Waals surface area contributed by atoms with Crippen LogP contribution in [-0.2, 0) is 0 Å². The second kappa shape index (κ2) is 4.06. The summed E-state index contributed by atoms with van der Waals surface area (Å²) in [7, 11) is 0. The molecule has 0 saturated heterocycles. The molecule has 0 spiro atoms. The van der Waals surface area contributed by atoms with Crippen LogP contribution in [0.4, 0.5) is 5.95 Å². The Bertz CT molecular complexity index is 464. The fourth-order valence-electron chi connectivity index (χ4n) is 1.17. The van der Waals surface area contributed by atoms with Gasteiger partial charge in [-0.15, -0.1) is 11.8 Å². The SMILES string of the molecule is CC(C)CSc1nc(N)nc2nc[nH]c12. The molecule has 0 aliphatic heterocycles. The van der Waals surface area contributed by atoms with Crippen molar-refractivity contribution in [3.05, 3.63) is 6.33 Å². The van der Waals surface area contributed by atoms with E-state index in [1.54, 1.807) is 18.1 Å². The first-order chi connectivity index (χ1) is 7.16. The number of H-pyrrole nitrogens is 1. The fourth-order valence-corrected chi connectivity index (χ4v) is 2.12. The number of nitrogens with two attached hydrogens (primary N) is 1. The Labute approximate surface area is 91.9 Å². The van der Waals surface area contributed by atoms with Gasteiger partial charge in [0, 0.05) is 5.75 Å². The minimum atomic E-state index is 0.279. The van der Waals surface area contributed by atoms with E-state index in [-0.39, 0.29) is 5.95 Å². The first kappa shape index (κ1) is 10.2. The summed E-state index contributed by atoms with van der Waals surface area (Å²) in [5, 5.41) is 0.878. The molecule has 80 valence electrons. The number of anilines is 1. The van der Waals surface area contributed by atoms with Gasteiger partial charge >= 0.3 is 0 Å². The van der Waals surface area contributed by atoms with E-state index in [1.165, 1.54) is 0 Å². The summed E-state index contributed by atoms with van der Waals surface area (Å²) in [5.74, 6) is 1.90. The average molecular weight is 223 g/mol. The van der Waals surface area contributed by atoms with Gasteiger partial charge in [-0.25, -0.2) is 9.97 Å². The van der Waals surface area contributed by atoms with Gasteiger partial charge in [0.1, 0.15) is 10.5 Å². The van der Waals surface area contributed by atoms with Crippen molar-refractivity contribution in [2.75, 3.05) is 11.5 Å². The molecule has 0 aliphatic carbocycles. The first-order valence-corrected chi connectivity index (χ1v) is 5.74. The van der Waals surface area contributed by atoms with Gasteiger partial charge < -0.3 is 10.7 Å². The summed E-state index contributed by atoms with van der Waals surface area (Å²) in [5.41, 5.74) is 7.10. The molecule has 6 heteroatoms. The van der Waals surface area contributed by atoms with Crippen molar-refractivity contribution < 1.29 is 0 Å². The summed E-state index contributed by atoms with van der Waals surface area (Å²) < 4.78 is 0. The van der Waals surface area contributed by atoms with Crippen molar-refractivity contribution in [1.82, 2.24) is 19.9 Å². The molecule has 15 heavy (non-hydrogen) atoms. The van der Waals surface area contributed by atoms with E-state index in [0.29, 0.717) is 11.6 Å². The maximum atomic E-state index is 5.60. The third kappa shape index (κ3) is 2.20. The van der Waals surface area contributed by atoms with Gasteiger partial charge in [0.15, 0.2) is 5.65 Å². The van der Waals surface area contributed by atoms with Crippen molar-refractivity contribution in [3.63, 3.8) is 0 Å². The Kier molecular flexibility index (Phi) is 2.77. The highest BCUT2D eigenvalue weighted by atomic mass is 32.2. The molecule has 2 aromatic heterocycles. The Morgan fingerprint density at radius 3 is 3.00 bits per heavy atom. The summed E-state index contributed by atoms with van der Waals surface area (Å²) in [6.45, 7) is 4.34. The minimum absolute atomic E-state index is 0.279. The van der Waals surface area contributed by atoms with Crippen LogP contribution in [0.3, 0.4) is 0 Å². The van der Waals surface area contributed by atoms with E-state index in [0.717, 1.165) is 16.3 Å². The zero-order chi connectivity index (χ0) is 10.8. The number of nitrogens with one attached hydrogen (secondary N) is 1. The number of nitrogen functional groups attached to an aromatic ring is 1.